The highest BCUT2D eigenvalue weighted by Crippen LogP contribution is 2.28. The minimum absolute atomic E-state index is 0.0333. The maximum absolute atomic E-state index is 11.9. The Kier molecular flexibility index (Phi) is 8.25. The summed E-state index contributed by atoms with van der Waals surface area (Å²) in [6, 6.07) is 11.5. The molecule has 2 N–H and O–H groups in total. The third kappa shape index (κ3) is 7.02. The molecule has 8 nitrogen and oxygen atoms in total. The zero-order chi connectivity index (χ0) is 21.1. The molecule has 0 heterocycles. The zero-order valence-electron chi connectivity index (χ0n) is 16.1. The zero-order valence-corrected chi connectivity index (χ0v) is 16.1. The standard InChI is InChI=1S/C21H23N3O5/c1-3-14-29-19-10-4-16(15-20(19)28-2)5-11-21(25)23-13-12-22-17-6-8-18(9-7-17)24(26)27/h3-11,15,22H,1,12-14H2,2H3,(H,23,25)/b11-5+. The first-order chi connectivity index (χ1) is 14.0. The number of carbonyl (C=O) groups is 1. The molecule has 0 aliphatic heterocycles. The van der Waals surface area contributed by atoms with Gasteiger partial charge in [0, 0.05) is 37.0 Å². The summed E-state index contributed by atoms with van der Waals surface area (Å²) in [7, 11) is 1.55. The van der Waals surface area contributed by atoms with Gasteiger partial charge in [-0.05, 0) is 35.9 Å². The topological polar surface area (TPSA) is 103 Å². The summed E-state index contributed by atoms with van der Waals surface area (Å²) in [5.41, 5.74) is 1.57. The van der Waals surface area contributed by atoms with Gasteiger partial charge in [0.1, 0.15) is 6.61 Å². The van der Waals surface area contributed by atoms with Gasteiger partial charge in [-0.2, -0.15) is 0 Å². The Morgan fingerprint density at radius 3 is 2.59 bits per heavy atom. The summed E-state index contributed by atoms with van der Waals surface area (Å²) >= 11 is 0. The van der Waals surface area contributed by atoms with Gasteiger partial charge in [-0.15, -0.1) is 0 Å². The van der Waals surface area contributed by atoms with Crippen LogP contribution in [-0.4, -0.2) is 37.6 Å². The number of nitrogens with zero attached hydrogens (tertiary/aromatic N) is 1. The van der Waals surface area contributed by atoms with Crippen molar-refractivity contribution >= 4 is 23.4 Å². The van der Waals surface area contributed by atoms with Crippen molar-refractivity contribution in [3.63, 3.8) is 0 Å². The van der Waals surface area contributed by atoms with Crippen LogP contribution in [0.25, 0.3) is 6.08 Å². The van der Waals surface area contributed by atoms with Crippen molar-refractivity contribution in [2.24, 2.45) is 0 Å². The van der Waals surface area contributed by atoms with Gasteiger partial charge in [0.25, 0.3) is 5.69 Å². The lowest BCUT2D eigenvalue weighted by Gasteiger charge is -2.09. The van der Waals surface area contributed by atoms with Crippen LogP contribution < -0.4 is 20.1 Å². The highest BCUT2D eigenvalue weighted by Gasteiger charge is 2.05. The van der Waals surface area contributed by atoms with E-state index in [9.17, 15) is 14.9 Å². The van der Waals surface area contributed by atoms with Crippen LogP contribution in [0.4, 0.5) is 11.4 Å². The van der Waals surface area contributed by atoms with E-state index in [1.165, 1.54) is 18.2 Å². The Morgan fingerprint density at radius 2 is 1.93 bits per heavy atom. The molecular weight excluding hydrogens is 374 g/mol. The van der Waals surface area contributed by atoms with Crippen molar-refractivity contribution in [2.45, 2.75) is 0 Å². The van der Waals surface area contributed by atoms with E-state index in [1.54, 1.807) is 43.5 Å². The SMILES string of the molecule is C=CCOc1ccc(/C=C/C(=O)NCCNc2ccc([N+](=O)[O-])cc2)cc1OC. The second-order valence-electron chi connectivity index (χ2n) is 5.87. The Labute approximate surface area is 169 Å². The summed E-state index contributed by atoms with van der Waals surface area (Å²) in [6.07, 6.45) is 4.76. The fourth-order valence-corrected chi connectivity index (χ4v) is 2.38. The number of anilines is 1. The third-order valence-corrected chi connectivity index (χ3v) is 3.80. The summed E-state index contributed by atoms with van der Waals surface area (Å²) in [5.74, 6) is 0.939. The number of hydrogen-bond donors (Lipinski definition) is 2. The molecule has 0 atom stereocenters. The van der Waals surface area contributed by atoms with Crippen LogP contribution >= 0.6 is 0 Å². The summed E-state index contributed by atoms with van der Waals surface area (Å²) < 4.78 is 10.8. The Balaban J connectivity index is 1.79. The van der Waals surface area contributed by atoms with Crippen LogP contribution in [-0.2, 0) is 4.79 Å². The third-order valence-electron chi connectivity index (χ3n) is 3.80. The van der Waals surface area contributed by atoms with Crippen molar-refractivity contribution in [1.29, 1.82) is 0 Å². The normalized spacial score (nSPS) is 10.4. The lowest BCUT2D eigenvalue weighted by Crippen LogP contribution is -2.27. The molecule has 0 aliphatic rings. The molecule has 0 saturated heterocycles. The minimum Gasteiger partial charge on any atom is -0.493 e. The number of nitrogens with one attached hydrogen (secondary N) is 2. The van der Waals surface area contributed by atoms with Crippen molar-refractivity contribution in [3.8, 4) is 11.5 Å². The van der Waals surface area contributed by atoms with E-state index in [0.717, 1.165) is 11.3 Å². The summed E-state index contributed by atoms with van der Waals surface area (Å²) in [5, 5.41) is 16.5. The quantitative estimate of drug-likeness (QED) is 0.198. The van der Waals surface area contributed by atoms with Crippen molar-refractivity contribution in [3.05, 3.63) is 76.9 Å². The average molecular weight is 397 g/mol. The van der Waals surface area contributed by atoms with Gasteiger partial charge in [-0.3, -0.25) is 14.9 Å². The van der Waals surface area contributed by atoms with Gasteiger partial charge in [-0.1, -0.05) is 18.7 Å². The first-order valence-corrected chi connectivity index (χ1v) is 8.89. The highest BCUT2D eigenvalue weighted by atomic mass is 16.6. The molecule has 0 radical (unpaired) electrons. The van der Waals surface area contributed by atoms with E-state index in [2.05, 4.69) is 17.2 Å². The summed E-state index contributed by atoms with van der Waals surface area (Å²) in [6.45, 7) is 4.87. The molecular formula is C21H23N3O5. The number of nitro benzene ring substituents is 1. The van der Waals surface area contributed by atoms with Crippen LogP contribution in [0.15, 0.2) is 61.2 Å². The number of hydrogen-bond acceptors (Lipinski definition) is 6. The molecule has 2 aromatic carbocycles. The molecule has 1 amide bonds. The molecule has 0 unspecified atom stereocenters. The fraction of sp³-hybridized carbons (Fsp3) is 0.190. The number of non-ortho nitro benzene ring substituents is 1. The maximum Gasteiger partial charge on any atom is 0.269 e. The van der Waals surface area contributed by atoms with Crippen molar-refractivity contribution in [1.82, 2.24) is 5.32 Å². The average Bonchev–Trinajstić information content (AvgIpc) is 2.74. The van der Waals surface area contributed by atoms with E-state index < -0.39 is 4.92 Å². The largest absolute Gasteiger partial charge is 0.493 e. The van der Waals surface area contributed by atoms with E-state index in [4.69, 9.17) is 9.47 Å². The Morgan fingerprint density at radius 1 is 1.17 bits per heavy atom. The van der Waals surface area contributed by atoms with Crippen LogP contribution in [0.5, 0.6) is 11.5 Å². The minimum atomic E-state index is -0.451. The van der Waals surface area contributed by atoms with E-state index in [1.807, 2.05) is 6.07 Å². The van der Waals surface area contributed by atoms with Crippen LogP contribution in [0, 0.1) is 10.1 Å². The smallest absolute Gasteiger partial charge is 0.269 e. The molecule has 0 aromatic heterocycles. The van der Waals surface area contributed by atoms with Crippen LogP contribution in [0.2, 0.25) is 0 Å². The number of benzene rings is 2. The molecule has 0 spiro atoms. The number of amides is 1. The van der Waals surface area contributed by atoms with Gasteiger partial charge in [-0.25, -0.2) is 0 Å². The van der Waals surface area contributed by atoms with Gasteiger partial charge >= 0.3 is 0 Å². The first kappa shape index (κ1) is 21.5. The maximum atomic E-state index is 11.9. The highest BCUT2D eigenvalue weighted by molar-refractivity contribution is 5.91. The molecule has 8 heteroatoms. The Hall–Kier alpha value is -3.81. The van der Waals surface area contributed by atoms with Crippen LogP contribution in [0.3, 0.4) is 0 Å². The van der Waals surface area contributed by atoms with Gasteiger partial charge in [0.05, 0.1) is 12.0 Å². The molecule has 2 rings (SSSR count). The Bertz CT molecular complexity index is 878. The van der Waals surface area contributed by atoms with Crippen molar-refractivity contribution in [2.75, 3.05) is 32.1 Å². The molecule has 0 aliphatic carbocycles. The first-order valence-electron chi connectivity index (χ1n) is 8.89. The molecule has 0 bridgehead atoms. The second-order valence-corrected chi connectivity index (χ2v) is 5.87. The lowest BCUT2D eigenvalue weighted by molar-refractivity contribution is -0.384. The predicted molar refractivity (Wildman–Crippen MR) is 112 cm³/mol. The second kappa shape index (κ2) is 11.1. The van der Waals surface area contributed by atoms with Crippen LogP contribution in [0.1, 0.15) is 5.56 Å². The molecule has 0 saturated carbocycles. The molecule has 152 valence electrons. The number of carbonyl (C=O) groups excluding carboxylic acids is 1. The predicted octanol–water partition coefficient (Wildman–Crippen LogP) is 3.41. The number of ether oxygens (including phenoxy) is 2. The molecule has 2 aromatic rings. The molecule has 0 fully saturated rings. The van der Waals surface area contributed by atoms with E-state index in [-0.39, 0.29) is 11.6 Å². The lowest BCUT2D eigenvalue weighted by atomic mass is 10.2. The monoisotopic (exact) mass is 397 g/mol. The van der Waals surface area contributed by atoms with E-state index in [0.29, 0.717) is 31.2 Å². The fourth-order valence-electron chi connectivity index (χ4n) is 2.38. The van der Waals surface area contributed by atoms with Crippen molar-refractivity contribution < 1.29 is 19.2 Å². The van der Waals surface area contributed by atoms with Gasteiger partial charge in [0.2, 0.25) is 5.91 Å². The van der Waals surface area contributed by atoms with Gasteiger partial charge < -0.3 is 20.1 Å². The van der Waals surface area contributed by atoms with Gasteiger partial charge in [0.15, 0.2) is 11.5 Å². The number of rotatable bonds is 11. The number of nitro groups is 1. The summed E-state index contributed by atoms with van der Waals surface area (Å²) in [4.78, 5) is 22.1. The molecule has 29 heavy (non-hydrogen) atoms. The van der Waals surface area contributed by atoms with E-state index >= 15 is 0 Å². The number of methoxy groups -OCH3 is 1.